The van der Waals surface area contributed by atoms with E-state index < -0.39 is 36.4 Å². The van der Waals surface area contributed by atoms with Crippen LogP contribution in [0.5, 0.6) is 0 Å². The number of carboxylic acids is 3. The fraction of sp³-hybridized carbons (Fsp3) is 0.391. The molecule has 1 aromatic carbocycles. The molecule has 2 aliphatic heterocycles. The molecule has 1 saturated heterocycles. The molecule has 1 fully saturated rings. The Morgan fingerprint density at radius 3 is 1.66 bits per heavy atom. The van der Waals surface area contributed by atoms with Gasteiger partial charge < -0.3 is 25.5 Å². The summed E-state index contributed by atoms with van der Waals surface area (Å²) in [7, 11) is 0. The van der Waals surface area contributed by atoms with Crippen LogP contribution in [-0.4, -0.2) is 76.4 Å². The van der Waals surface area contributed by atoms with Gasteiger partial charge in [0.15, 0.2) is 0 Å². The number of nitrogens with zero attached hydrogens (tertiary/aromatic N) is 2. The van der Waals surface area contributed by atoms with Crippen LogP contribution >= 0.6 is 0 Å². The van der Waals surface area contributed by atoms with Gasteiger partial charge >= 0.3 is 36.4 Å². The van der Waals surface area contributed by atoms with Gasteiger partial charge in [-0.3, -0.25) is 4.98 Å². The van der Waals surface area contributed by atoms with E-state index in [1.807, 2.05) is 6.20 Å². The lowest BCUT2D eigenvalue weighted by atomic mass is 9.85. The zero-order valence-corrected chi connectivity index (χ0v) is 20.5. The molecule has 1 spiro atoms. The summed E-state index contributed by atoms with van der Waals surface area (Å²) < 4.78 is 95.2. The fourth-order valence-corrected chi connectivity index (χ4v) is 3.61. The normalized spacial score (nSPS) is 17.6. The van der Waals surface area contributed by atoms with Crippen molar-refractivity contribution in [2.45, 2.75) is 36.9 Å². The zero-order valence-electron chi connectivity index (χ0n) is 20.5. The number of anilines is 1. The number of carbonyl (C=O) groups is 3. The third-order valence-corrected chi connectivity index (χ3v) is 5.31. The Bertz CT molecular complexity index is 1110. The molecular formula is C23H22F9N3O6. The number of nitrogens with one attached hydrogen (secondary N) is 1. The maximum atomic E-state index is 10.6. The highest BCUT2D eigenvalue weighted by molar-refractivity contribution is 5.73. The molecular weight excluding hydrogens is 585 g/mol. The molecule has 4 N–H and O–H groups in total. The van der Waals surface area contributed by atoms with Crippen LogP contribution in [0.2, 0.25) is 0 Å². The van der Waals surface area contributed by atoms with Crippen LogP contribution in [-0.2, 0) is 26.3 Å². The van der Waals surface area contributed by atoms with Crippen LogP contribution < -0.4 is 10.2 Å². The average Bonchev–Trinajstić information content (AvgIpc) is 3.44. The van der Waals surface area contributed by atoms with Crippen LogP contribution in [0.25, 0.3) is 0 Å². The van der Waals surface area contributed by atoms with Gasteiger partial charge in [-0.25, -0.2) is 14.4 Å². The number of rotatable bonds is 2. The van der Waals surface area contributed by atoms with Crippen LogP contribution in [0.3, 0.4) is 0 Å². The minimum Gasteiger partial charge on any atom is -0.475 e. The molecule has 0 radical (unpaired) electrons. The van der Waals surface area contributed by atoms with Gasteiger partial charge in [-0.2, -0.15) is 39.5 Å². The smallest absolute Gasteiger partial charge is 0.475 e. The van der Waals surface area contributed by atoms with Crippen molar-refractivity contribution < 1.29 is 69.2 Å². The number of pyridine rings is 1. The highest BCUT2D eigenvalue weighted by Crippen LogP contribution is 2.43. The van der Waals surface area contributed by atoms with Crippen molar-refractivity contribution in [2.24, 2.45) is 0 Å². The van der Waals surface area contributed by atoms with Crippen molar-refractivity contribution in [2.75, 3.05) is 24.5 Å². The maximum Gasteiger partial charge on any atom is 0.490 e. The first-order valence-corrected chi connectivity index (χ1v) is 11.1. The average molecular weight is 607 g/mol. The molecule has 1 unspecified atom stereocenters. The van der Waals surface area contributed by atoms with Gasteiger partial charge in [-0.15, -0.1) is 0 Å². The number of hydrogen-bond donors (Lipinski definition) is 4. The van der Waals surface area contributed by atoms with Crippen molar-refractivity contribution in [3.63, 3.8) is 0 Å². The lowest BCUT2D eigenvalue weighted by molar-refractivity contribution is -0.193. The molecule has 0 amide bonds. The van der Waals surface area contributed by atoms with Crippen molar-refractivity contribution in [1.29, 1.82) is 0 Å². The Morgan fingerprint density at radius 1 is 0.805 bits per heavy atom. The van der Waals surface area contributed by atoms with Crippen molar-refractivity contribution in [3.05, 3.63) is 59.9 Å². The number of hydrogen-bond acceptors (Lipinski definition) is 6. The van der Waals surface area contributed by atoms with Crippen LogP contribution in [0.1, 0.15) is 17.7 Å². The summed E-state index contributed by atoms with van der Waals surface area (Å²) in [4.78, 5) is 33.9. The van der Waals surface area contributed by atoms with E-state index in [2.05, 4.69) is 52.7 Å². The summed E-state index contributed by atoms with van der Waals surface area (Å²) in [5.74, 6) is -8.27. The molecule has 228 valence electrons. The van der Waals surface area contributed by atoms with Crippen LogP contribution in [0, 0.1) is 0 Å². The SMILES string of the molecule is O=C(O)C(F)(F)F.O=C(O)C(F)(F)F.O=C(O)C(F)(F)F.c1ccc(CN2CC3(CCNC3)c3ncccc32)cc1. The standard InChI is InChI=1S/C17H19N3.3C2HF3O2/c1-2-5-14(6-3-1)11-20-13-17(8-10-18-12-17)16-15(20)7-4-9-19-16;3*3-2(4,5)1(6)7/h1-7,9,18H,8,10-13H2;3*(H,6,7). The first-order chi connectivity index (χ1) is 18.7. The minimum absolute atomic E-state index is 0.228. The predicted octanol–water partition coefficient (Wildman–Crippen LogP) is 4.23. The molecule has 9 nitrogen and oxygen atoms in total. The highest BCUT2D eigenvalue weighted by Gasteiger charge is 2.45. The number of aromatic nitrogens is 1. The van der Waals surface area contributed by atoms with Gasteiger partial charge in [-0.1, -0.05) is 30.3 Å². The van der Waals surface area contributed by atoms with E-state index >= 15 is 0 Å². The third kappa shape index (κ3) is 11.1. The number of aliphatic carboxylic acids is 3. The van der Waals surface area contributed by atoms with Gasteiger partial charge in [0.2, 0.25) is 0 Å². The van der Waals surface area contributed by atoms with Crippen molar-refractivity contribution in [3.8, 4) is 0 Å². The Hall–Kier alpha value is -4.09. The second kappa shape index (κ2) is 14.0. The predicted molar refractivity (Wildman–Crippen MR) is 122 cm³/mol. The molecule has 41 heavy (non-hydrogen) atoms. The summed E-state index contributed by atoms with van der Waals surface area (Å²) in [5, 5.41) is 24.9. The lowest BCUT2D eigenvalue weighted by Gasteiger charge is -2.24. The van der Waals surface area contributed by atoms with Crippen molar-refractivity contribution in [1.82, 2.24) is 10.3 Å². The monoisotopic (exact) mass is 607 g/mol. The number of carboxylic acid groups (broad SMARTS) is 3. The topological polar surface area (TPSA) is 140 Å². The minimum atomic E-state index is -5.08. The van der Waals surface area contributed by atoms with Crippen LogP contribution in [0.4, 0.5) is 45.2 Å². The molecule has 1 atom stereocenters. The van der Waals surface area contributed by atoms with E-state index in [4.69, 9.17) is 34.7 Å². The molecule has 0 saturated carbocycles. The molecule has 3 heterocycles. The third-order valence-electron chi connectivity index (χ3n) is 5.31. The fourth-order valence-electron chi connectivity index (χ4n) is 3.61. The lowest BCUT2D eigenvalue weighted by Crippen LogP contribution is -2.35. The van der Waals surface area contributed by atoms with E-state index in [0.717, 1.165) is 26.2 Å². The van der Waals surface area contributed by atoms with Gasteiger partial charge in [-0.05, 0) is 30.7 Å². The van der Waals surface area contributed by atoms with E-state index in [0.29, 0.717) is 0 Å². The first kappa shape index (κ1) is 34.9. The van der Waals surface area contributed by atoms with Crippen LogP contribution in [0.15, 0.2) is 48.7 Å². The quantitative estimate of drug-likeness (QED) is 0.370. The molecule has 4 rings (SSSR count). The number of halogens is 9. The molecule has 1 aromatic heterocycles. The molecule has 18 heteroatoms. The van der Waals surface area contributed by atoms with Gasteiger partial charge in [0.25, 0.3) is 0 Å². The second-order valence-corrected chi connectivity index (χ2v) is 8.33. The van der Waals surface area contributed by atoms with E-state index in [-0.39, 0.29) is 5.41 Å². The summed E-state index contributed by atoms with van der Waals surface area (Å²) in [6.07, 6.45) is -12.1. The molecule has 0 aliphatic carbocycles. The van der Waals surface area contributed by atoms with Gasteiger partial charge in [0, 0.05) is 31.2 Å². The number of fused-ring (bicyclic) bond motifs is 2. The number of benzene rings is 1. The van der Waals surface area contributed by atoms with E-state index in [1.54, 1.807) is 0 Å². The first-order valence-electron chi connectivity index (χ1n) is 11.1. The Morgan fingerprint density at radius 2 is 1.27 bits per heavy atom. The van der Waals surface area contributed by atoms with E-state index in [1.165, 1.54) is 23.4 Å². The highest BCUT2D eigenvalue weighted by atomic mass is 19.4. The largest absolute Gasteiger partial charge is 0.490 e. The Balaban J connectivity index is 0.000000333. The van der Waals surface area contributed by atoms with Gasteiger partial charge in [0.05, 0.1) is 11.4 Å². The Labute approximate surface area is 225 Å². The summed E-state index contributed by atoms with van der Waals surface area (Å²) in [5.41, 5.74) is 4.21. The molecule has 0 bridgehead atoms. The second-order valence-electron chi connectivity index (χ2n) is 8.33. The summed E-state index contributed by atoms with van der Waals surface area (Å²) in [6, 6.07) is 15.0. The summed E-state index contributed by atoms with van der Waals surface area (Å²) >= 11 is 0. The Kier molecular flexibility index (Phi) is 11.9. The van der Waals surface area contributed by atoms with Crippen molar-refractivity contribution >= 4 is 23.6 Å². The zero-order chi connectivity index (χ0) is 31.6. The maximum absolute atomic E-state index is 10.6. The number of alkyl halides is 9. The molecule has 2 aliphatic rings. The van der Waals surface area contributed by atoms with Gasteiger partial charge in [0.1, 0.15) is 0 Å². The summed E-state index contributed by atoms with van der Waals surface area (Å²) in [6.45, 7) is 4.22. The molecule has 2 aromatic rings. The van der Waals surface area contributed by atoms with E-state index in [9.17, 15) is 39.5 Å².